The van der Waals surface area contributed by atoms with E-state index < -0.39 is 0 Å². The van der Waals surface area contributed by atoms with Gasteiger partial charge in [-0.15, -0.1) is 0 Å². The van der Waals surface area contributed by atoms with E-state index in [0.29, 0.717) is 6.42 Å². The summed E-state index contributed by atoms with van der Waals surface area (Å²) in [4.78, 5) is 12.1. The third kappa shape index (κ3) is 1.83. The number of hydrogen-bond acceptors (Lipinski definition) is 2. The summed E-state index contributed by atoms with van der Waals surface area (Å²) in [5, 5.41) is 0.246. The molecule has 1 nitrogen and oxygen atoms in total. The van der Waals surface area contributed by atoms with E-state index in [4.69, 9.17) is 0 Å². The van der Waals surface area contributed by atoms with Gasteiger partial charge in [0.2, 0.25) is 0 Å². The highest BCUT2D eigenvalue weighted by Gasteiger charge is 2.14. The first kappa shape index (κ1) is 8.57. The molecular formula is C11H10OS. The zero-order valence-corrected chi connectivity index (χ0v) is 8.23. The molecule has 13 heavy (non-hydrogen) atoms. The summed E-state index contributed by atoms with van der Waals surface area (Å²) in [5.41, 5.74) is 2.40. The largest absolute Gasteiger partial charge is 0.286 e. The zero-order valence-electron chi connectivity index (χ0n) is 7.41. The summed E-state index contributed by atoms with van der Waals surface area (Å²) in [7, 11) is 0. The Morgan fingerprint density at radius 2 is 1.92 bits per heavy atom. The molecule has 1 aromatic carbocycles. The number of hydrogen-bond donors (Lipinski definition) is 0. The van der Waals surface area contributed by atoms with E-state index in [9.17, 15) is 4.79 Å². The highest BCUT2D eigenvalue weighted by molar-refractivity contribution is 8.21. The van der Waals surface area contributed by atoms with Gasteiger partial charge < -0.3 is 0 Å². The molecule has 2 heteroatoms. The van der Waals surface area contributed by atoms with Crippen LogP contribution in [0.1, 0.15) is 17.5 Å². The highest BCUT2D eigenvalue weighted by atomic mass is 32.2. The second kappa shape index (κ2) is 3.38. The van der Waals surface area contributed by atoms with Gasteiger partial charge in [-0.2, -0.15) is 0 Å². The maximum absolute atomic E-state index is 11.0. The molecule has 0 N–H and O–H groups in total. The van der Waals surface area contributed by atoms with Crippen LogP contribution in [-0.2, 0) is 4.79 Å². The van der Waals surface area contributed by atoms with Crippen molar-refractivity contribution in [3.8, 4) is 0 Å². The molecule has 0 radical (unpaired) electrons. The first-order valence-corrected chi connectivity index (χ1v) is 5.05. The van der Waals surface area contributed by atoms with Crippen molar-refractivity contribution < 1.29 is 4.79 Å². The smallest absolute Gasteiger partial charge is 0.197 e. The number of benzene rings is 1. The number of rotatable bonds is 1. The van der Waals surface area contributed by atoms with Crippen molar-refractivity contribution >= 4 is 21.8 Å². The highest BCUT2D eigenvalue weighted by Crippen LogP contribution is 2.34. The van der Waals surface area contributed by atoms with E-state index in [1.165, 1.54) is 17.3 Å². The Morgan fingerprint density at radius 3 is 2.46 bits per heavy atom. The standard InChI is InChI=1S/C11H10OS/c1-8-2-4-9(5-3-8)10-6-7-11(12)13-10/h2-6H,7H2,1H3. The Hall–Kier alpha value is -1.02. The molecule has 0 amide bonds. The van der Waals surface area contributed by atoms with Crippen molar-refractivity contribution in [2.75, 3.05) is 0 Å². The normalized spacial score (nSPS) is 16.1. The summed E-state index contributed by atoms with van der Waals surface area (Å²) < 4.78 is 0. The maximum Gasteiger partial charge on any atom is 0.197 e. The van der Waals surface area contributed by atoms with Gasteiger partial charge >= 0.3 is 0 Å². The molecule has 2 rings (SSSR count). The molecule has 0 saturated carbocycles. The molecule has 0 spiro atoms. The van der Waals surface area contributed by atoms with Gasteiger partial charge in [0, 0.05) is 11.3 Å². The molecule has 1 heterocycles. The van der Waals surface area contributed by atoms with Crippen molar-refractivity contribution in [2.24, 2.45) is 0 Å². The fraction of sp³-hybridized carbons (Fsp3) is 0.182. The lowest BCUT2D eigenvalue weighted by Crippen LogP contribution is -1.80. The van der Waals surface area contributed by atoms with E-state index in [-0.39, 0.29) is 5.12 Å². The van der Waals surface area contributed by atoms with Gasteiger partial charge in [0.15, 0.2) is 5.12 Å². The Kier molecular flexibility index (Phi) is 2.23. The van der Waals surface area contributed by atoms with Crippen molar-refractivity contribution in [1.82, 2.24) is 0 Å². The Bertz CT molecular complexity index is 362. The first-order chi connectivity index (χ1) is 6.25. The summed E-state index contributed by atoms with van der Waals surface area (Å²) >= 11 is 1.35. The van der Waals surface area contributed by atoms with Crippen molar-refractivity contribution in [1.29, 1.82) is 0 Å². The van der Waals surface area contributed by atoms with Crippen LogP contribution in [-0.4, -0.2) is 5.12 Å². The number of carbonyl (C=O) groups is 1. The van der Waals surface area contributed by atoms with Crippen LogP contribution < -0.4 is 0 Å². The van der Waals surface area contributed by atoms with Gasteiger partial charge in [-0.3, -0.25) is 4.79 Å². The van der Waals surface area contributed by atoms with E-state index in [1.54, 1.807) is 0 Å². The van der Waals surface area contributed by atoms with Gasteiger partial charge in [-0.05, 0) is 12.5 Å². The molecule has 0 fully saturated rings. The monoisotopic (exact) mass is 190 g/mol. The van der Waals surface area contributed by atoms with Crippen LogP contribution in [0, 0.1) is 6.92 Å². The van der Waals surface area contributed by atoms with Gasteiger partial charge in [-0.1, -0.05) is 47.7 Å². The molecule has 0 aromatic heterocycles. The van der Waals surface area contributed by atoms with Crippen molar-refractivity contribution in [3.63, 3.8) is 0 Å². The lowest BCUT2D eigenvalue weighted by Gasteiger charge is -2.00. The average molecular weight is 190 g/mol. The van der Waals surface area contributed by atoms with Crippen LogP contribution in [0.3, 0.4) is 0 Å². The maximum atomic E-state index is 11.0. The minimum Gasteiger partial charge on any atom is -0.286 e. The van der Waals surface area contributed by atoms with Gasteiger partial charge in [0.25, 0.3) is 0 Å². The zero-order chi connectivity index (χ0) is 9.26. The van der Waals surface area contributed by atoms with Crippen LogP contribution >= 0.6 is 11.8 Å². The molecule has 1 aliphatic rings. The first-order valence-electron chi connectivity index (χ1n) is 4.23. The SMILES string of the molecule is Cc1ccc(C2=CCC(=O)S2)cc1. The van der Waals surface area contributed by atoms with Crippen LogP contribution in [0.4, 0.5) is 0 Å². The Balaban J connectivity index is 2.27. The van der Waals surface area contributed by atoms with Gasteiger partial charge in [0.05, 0.1) is 0 Å². The number of thioether (sulfide) groups is 1. The molecule has 1 aromatic rings. The Labute approximate surface area is 81.8 Å². The van der Waals surface area contributed by atoms with E-state index in [1.807, 2.05) is 6.08 Å². The van der Waals surface area contributed by atoms with Gasteiger partial charge in [0.1, 0.15) is 0 Å². The third-order valence-corrected chi connectivity index (χ3v) is 3.03. The predicted molar refractivity (Wildman–Crippen MR) is 56.4 cm³/mol. The molecular weight excluding hydrogens is 180 g/mol. The summed E-state index contributed by atoms with van der Waals surface area (Å²) in [5.74, 6) is 0. The predicted octanol–water partition coefficient (Wildman–Crippen LogP) is 3.00. The number of aryl methyl sites for hydroxylation is 1. The van der Waals surface area contributed by atoms with Crippen molar-refractivity contribution in [3.05, 3.63) is 41.5 Å². The van der Waals surface area contributed by atoms with Gasteiger partial charge in [-0.25, -0.2) is 0 Å². The second-order valence-corrected chi connectivity index (χ2v) is 4.21. The van der Waals surface area contributed by atoms with Crippen LogP contribution in [0.2, 0.25) is 0 Å². The minimum absolute atomic E-state index is 0.246. The van der Waals surface area contributed by atoms with E-state index >= 15 is 0 Å². The Morgan fingerprint density at radius 1 is 1.23 bits per heavy atom. The lowest BCUT2D eigenvalue weighted by atomic mass is 10.1. The molecule has 0 aliphatic carbocycles. The molecule has 0 atom stereocenters. The molecule has 0 bridgehead atoms. The summed E-state index contributed by atoms with van der Waals surface area (Å²) in [6, 6.07) is 8.26. The number of carbonyl (C=O) groups excluding carboxylic acids is 1. The van der Waals surface area contributed by atoms with Crippen LogP contribution in [0.25, 0.3) is 4.91 Å². The fourth-order valence-electron chi connectivity index (χ4n) is 1.28. The minimum atomic E-state index is 0.246. The third-order valence-electron chi connectivity index (χ3n) is 2.01. The van der Waals surface area contributed by atoms with E-state index in [2.05, 4.69) is 31.2 Å². The number of allylic oxidation sites excluding steroid dienone is 1. The molecule has 0 saturated heterocycles. The average Bonchev–Trinajstić information content (AvgIpc) is 2.53. The van der Waals surface area contributed by atoms with Crippen molar-refractivity contribution in [2.45, 2.75) is 13.3 Å². The molecule has 0 unspecified atom stereocenters. The second-order valence-electron chi connectivity index (χ2n) is 3.11. The topological polar surface area (TPSA) is 17.1 Å². The molecule has 1 aliphatic heterocycles. The van der Waals surface area contributed by atoms with E-state index in [0.717, 1.165) is 10.5 Å². The summed E-state index contributed by atoms with van der Waals surface area (Å²) in [6.07, 6.45) is 2.57. The van der Waals surface area contributed by atoms with Crippen LogP contribution in [0.5, 0.6) is 0 Å². The fourth-order valence-corrected chi connectivity index (χ4v) is 2.11. The summed E-state index contributed by atoms with van der Waals surface area (Å²) in [6.45, 7) is 2.06. The molecule has 66 valence electrons. The quantitative estimate of drug-likeness (QED) is 0.677. The van der Waals surface area contributed by atoms with Crippen LogP contribution in [0.15, 0.2) is 30.3 Å². The lowest BCUT2D eigenvalue weighted by molar-refractivity contribution is -0.110.